The molecule has 0 aliphatic heterocycles. The van der Waals surface area contributed by atoms with Crippen LogP contribution < -0.4 is 5.32 Å². The molecule has 0 saturated heterocycles. The summed E-state index contributed by atoms with van der Waals surface area (Å²) in [5.41, 5.74) is 3.57. The molecule has 1 unspecified atom stereocenters. The third kappa shape index (κ3) is 4.64. The van der Waals surface area contributed by atoms with E-state index in [1.54, 1.807) is 0 Å². The van der Waals surface area contributed by atoms with Gasteiger partial charge in [-0.3, -0.25) is 0 Å². The summed E-state index contributed by atoms with van der Waals surface area (Å²) in [7, 11) is 0. The Bertz CT molecular complexity index is 552. The fourth-order valence-corrected chi connectivity index (χ4v) is 2.50. The number of aryl methyl sites for hydroxylation is 2. The van der Waals surface area contributed by atoms with Crippen molar-refractivity contribution in [3.05, 3.63) is 59.2 Å². The predicted molar refractivity (Wildman–Crippen MR) is 87.3 cm³/mol. The molecule has 0 bridgehead atoms. The molecular weight excluding hydrogens is 258 g/mol. The van der Waals surface area contributed by atoms with Crippen LogP contribution in [0.3, 0.4) is 0 Å². The van der Waals surface area contributed by atoms with E-state index in [2.05, 4.69) is 65.5 Å². The minimum Gasteiger partial charge on any atom is -0.310 e. The van der Waals surface area contributed by atoms with Crippen molar-refractivity contribution < 1.29 is 0 Å². The lowest BCUT2D eigenvalue weighted by molar-refractivity contribution is 0.523. The van der Waals surface area contributed by atoms with Gasteiger partial charge in [0.05, 0.1) is 0 Å². The average Bonchev–Trinajstić information content (AvgIpc) is 2.51. The zero-order valence-corrected chi connectivity index (χ0v) is 13.3. The lowest BCUT2D eigenvalue weighted by Gasteiger charge is -2.19. The van der Waals surface area contributed by atoms with E-state index in [1.165, 1.54) is 5.56 Å². The maximum atomic E-state index is 4.60. The first-order valence-corrected chi connectivity index (χ1v) is 7.84. The molecule has 2 rings (SSSR count). The number of aromatic nitrogens is 2. The Morgan fingerprint density at radius 1 is 1.05 bits per heavy atom. The van der Waals surface area contributed by atoms with Crippen molar-refractivity contribution in [2.24, 2.45) is 0 Å². The normalized spacial score (nSPS) is 12.3. The molecule has 3 nitrogen and oxygen atoms in total. The monoisotopic (exact) mass is 283 g/mol. The van der Waals surface area contributed by atoms with Gasteiger partial charge in [-0.1, -0.05) is 44.2 Å². The summed E-state index contributed by atoms with van der Waals surface area (Å²) in [5.74, 6) is 0.867. The fourth-order valence-electron chi connectivity index (χ4n) is 2.50. The van der Waals surface area contributed by atoms with Crippen LogP contribution in [0.1, 0.15) is 49.1 Å². The highest BCUT2D eigenvalue weighted by atomic mass is 14.9. The van der Waals surface area contributed by atoms with Gasteiger partial charge in [-0.2, -0.15) is 0 Å². The van der Waals surface area contributed by atoms with Crippen molar-refractivity contribution >= 4 is 0 Å². The van der Waals surface area contributed by atoms with Gasteiger partial charge in [0.15, 0.2) is 0 Å². The zero-order chi connectivity index (χ0) is 15.1. The molecule has 112 valence electrons. The van der Waals surface area contributed by atoms with E-state index in [-0.39, 0.29) is 0 Å². The molecule has 3 heteroatoms. The summed E-state index contributed by atoms with van der Waals surface area (Å²) in [5, 5.41) is 3.63. The van der Waals surface area contributed by atoms with Crippen LogP contribution in [0.2, 0.25) is 0 Å². The van der Waals surface area contributed by atoms with E-state index in [0.29, 0.717) is 6.04 Å². The summed E-state index contributed by atoms with van der Waals surface area (Å²) >= 11 is 0. The van der Waals surface area contributed by atoms with Crippen LogP contribution >= 0.6 is 0 Å². The molecule has 2 aromatic rings. The molecule has 1 aromatic heterocycles. The van der Waals surface area contributed by atoms with Crippen molar-refractivity contribution in [3.63, 3.8) is 0 Å². The largest absolute Gasteiger partial charge is 0.310 e. The van der Waals surface area contributed by atoms with Crippen molar-refractivity contribution in [1.82, 2.24) is 15.3 Å². The molecule has 0 radical (unpaired) electrons. The van der Waals surface area contributed by atoms with Gasteiger partial charge in [0, 0.05) is 23.9 Å². The molecule has 1 aromatic carbocycles. The van der Waals surface area contributed by atoms with Crippen molar-refractivity contribution in [2.45, 2.75) is 46.1 Å². The van der Waals surface area contributed by atoms with Gasteiger partial charge in [-0.15, -0.1) is 0 Å². The number of rotatable bonds is 7. The third-order valence-electron chi connectivity index (χ3n) is 3.56. The number of hydrogen-bond donors (Lipinski definition) is 1. The lowest BCUT2D eigenvalue weighted by atomic mass is 10.0. The van der Waals surface area contributed by atoms with E-state index in [0.717, 1.165) is 43.0 Å². The van der Waals surface area contributed by atoms with Crippen molar-refractivity contribution in [1.29, 1.82) is 0 Å². The fraction of sp³-hybridized carbons (Fsp3) is 0.444. The number of nitrogens with zero attached hydrogens (tertiary/aromatic N) is 2. The van der Waals surface area contributed by atoms with Crippen molar-refractivity contribution in [3.8, 4) is 0 Å². The molecular formula is C18H25N3. The second kappa shape index (κ2) is 7.89. The second-order valence-electron chi connectivity index (χ2n) is 5.37. The summed E-state index contributed by atoms with van der Waals surface area (Å²) < 4.78 is 0. The van der Waals surface area contributed by atoms with Crippen LogP contribution in [0.25, 0.3) is 0 Å². The van der Waals surface area contributed by atoms with E-state index >= 15 is 0 Å². The molecule has 0 fully saturated rings. The second-order valence-corrected chi connectivity index (χ2v) is 5.37. The third-order valence-corrected chi connectivity index (χ3v) is 3.56. The van der Waals surface area contributed by atoms with Gasteiger partial charge >= 0.3 is 0 Å². The molecule has 0 saturated carbocycles. The number of hydrogen-bond acceptors (Lipinski definition) is 3. The highest BCUT2D eigenvalue weighted by Gasteiger charge is 2.13. The molecule has 0 spiro atoms. The summed E-state index contributed by atoms with van der Waals surface area (Å²) in [6.07, 6.45) is 2.99. The maximum absolute atomic E-state index is 4.60. The van der Waals surface area contributed by atoms with Gasteiger partial charge in [0.1, 0.15) is 5.82 Å². The minimum atomic E-state index is 0.310. The Hall–Kier alpha value is -1.74. The Kier molecular flexibility index (Phi) is 5.88. The summed E-state index contributed by atoms with van der Waals surface area (Å²) in [6, 6.07) is 13.1. The van der Waals surface area contributed by atoms with Crippen molar-refractivity contribution in [2.75, 3.05) is 6.54 Å². The maximum Gasteiger partial charge on any atom is 0.125 e. The number of benzene rings is 1. The first kappa shape index (κ1) is 15.6. The van der Waals surface area contributed by atoms with Crippen LogP contribution in [-0.2, 0) is 12.8 Å². The Morgan fingerprint density at radius 3 is 2.43 bits per heavy atom. The van der Waals surface area contributed by atoms with Crippen LogP contribution in [0.4, 0.5) is 0 Å². The van der Waals surface area contributed by atoms with Gasteiger partial charge in [-0.25, -0.2) is 9.97 Å². The predicted octanol–water partition coefficient (Wildman–Crippen LogP) is 3.63. The zero-order valence-electron chi connectivity index (χ0n) is 13.3. The highest BCUT2D eigenvalue weighted by Crippen LogP contribution is 2.18. The summed E-state index contributed by atoms with van der Waals surface area (Å²) in [4.78, 5) is 9.07. The first-order valence-electron chi connectivity index (χ1n) is 7.84. The van der Waals surface area contributed by atoms with E-state index < -0.39 is 0 Å². The Labute approximate surface area is 127 Å². The SMILES string of the molecule is CCCNC(Cc1cc(CC)nc(C)n1)c1ccccc1. The Morgan fingerprint density at radius 2 is 1.76 bits per heavy atom. The molecule has 0 aliphatic rings. The smallest absolute Gasteiger partial charge is 0.125 e. The van der Waals surface area contributed by atoms with Crippen LogP contribution in [0, 0.1) is 6.92 Å². The molecule has 21 heavy (non-hydrogen) atoms. The van der Waals surface area contributed by atoms with Crippen LogP contribution in [0.5, 0.6) is 0 Å². The molecule has 1 heterocycles. The standard InChI is InChI=1S/C18H25N3/c1-4-11-19-18(15-9-7-6-8-10-15)13-17-12-16(5-2)20-14(3)21-17/h6-10,12,18-19H,4-5,11,13H2,1-3H3. The van der Waals surface area contributed by atoms with E-state index in [9.17, 15) is 0 Å². The minimum absolute atomic E-state index is 0.310. The van der Waals surface area contributed by atoms with Gasteiger partial charge in [0.25, 0.3) is 0 Å². The number of nitrogens with one attached hydrogen (secondary N) is 1. The van der Waals surface area contributed by atoms with Gasteiger partial charge in [0.2, 0.25) is 0 Å². The topological polar surface area (TPSA) is 37.8 Å². The van der Waals surface area contributed by atoms with Crippen LogP contribution in [-0.4, -0.2) is 16.5 Å². The molecule has 1 N–H and O–H groups in total. The Balaban J connectivity index is 2.20. The van der Waals surface area contributed by atoms with Gasteiger partial charge < -0.3 is 5.32 Å². The van der Waals surface area contributed by atoms with Crippen LogP contribution in [0.15, 0.2) is 36.4 Å². The highest BCUT2D eigenvalue weighted by molar-refractivity contribution is 5.22. The first-order chi connectivity index (χ1) is 10.2. The average molecular weight is 283 g/mol. The molecule has 0 aliphatic carbocycles. The lowest BCUT2D eigenvalue weighted by Crippen LogP contribution is -2.24. The summed E-state index contributed by atoms with van der Waals surface area (Å²) in [6.45, 7) is 7.32. The van der Waals surface area contributed by atoms with E-state index in [4.69, 9.17) is 0 Å². The molecule has 0 amide bonds. The molecule has 1 atom stereocenters. The van der Waals surface area contributed by atoms with E-state index in [1.807, 2.05) is 6.92 Å². The quantitative estimate of drug-likeness (QED) is 0.843. The van der Waals surface area contributed by atoms with Gasteiger partial charge in [-0.05, 0) is 37.9 Å².